The van der Waals surface area contributed by atoms with Gasteiger partial charge in [0.15, 0.2) is 0 Å². The number of hydrogen-bond acceptors (Lipinski definition) is 0. The van der Waals surface area contributed by atoms with E-state index < -0.39 is 8.07 Å². The Morgan fingerprint density at radius 2 is 0.484 bits per heavy atom. The molecule has 0 unspecified atom stereocenters. The third kappa shape index (κ3) is 30.2. The van der Waals surface area contributed by atoms with Gasteiger partial charge < -0.3 is 0 Å². The SMILES string of the molecule is CCCCCCCCCCCCCCCCCCCCCCCCCCC[Si](C)(C)C. The molecule has 0 radical (unpaired) electrons. The third-order valence-corrected chi connectivity index (χ3v) is 8.88. The highest BCUT2D eigenvalue weighted by Gasteiger charge is 2.11. The zero-order valence-electron chi connectivity index (χ0n) is 22.9. The van der Waals surface area contributed by atoms with Crippen molar-refractivity contribution in [2.45, 2.75) is 193 Å². The fraction of sp³-hybridized carbons (Fsp3) is 1.00. The molecule has 0 fully saturated rings. The van der Waals surface area contributed by atoms with Crippen molar-refractivity contribution in [3.05, 3.63) is 0 Å². The van der Waals surface area contributed by atoms with E-state index in [0.29, 0.717) is 0 Å². The Labute approximate surface area is 201 Å². The average molecular weight is 453 g/mol. The van der Waals surface area contributed by atoms with E-state index in [1.807, 2.05) is 0 Å². The van der Waals surface area contributed by atoms with E-state index in [2.05, 4.69) is 26.6 Å². The standard InChI is InChI=1S/C30H64Si/c1-5-6-7-8-9-10-11-12-13-14-15-16-17-18-19-20-21-22-23-24-25-26-27-28-29-30-31(2,3)4/h5-30H2,1-4H3. The molecule has 0 N–H and O–H groups in total. The zero-order valence-corrected chi connectivity index (χ0v) is 23.9. The molecule has 0 saturated heterocycles. The summed E-state index contributed by atoms with van der Waals surface area (Å²) >= 11 is 0. The molecule has 0 bridgehead atoms. The smallest absolute Gasteiger partial charge is 0.0442 e. The van der Waals surface area contributed by atoms with Gasteiger partial charge >= 0.3 is 0 Å². The van der Waals surface area contributed by atoms with Gasteiger partial charge in [0.25, 0.3) is 0 Å². The first-order valence-corrected chi connectivity index (χ1v) is 18.8. The number of rotatable bonds is 26. The molecule has 31 heavy (non-hydrogen) atoms. The van der Waals surface area contributed by atoms with E-state index in [9.17, 15) is 0 Å². The Balaban J connectivity index is 3.02. The summed E-state index contributed by atoms with van der Waals surface area (Å²) in [6.45, 7) is 9.82. The van der Waals surface area contributed by atoms with Gasteiger partial charge in [0.05, 0.1) is 0 Å². The summed E-state index contributed by atoms with van der Waals surface area (Å²) in [4.78, 5) is 0. The monoisotopic (exact) mass is 452 g/mol. The van der Waals surface area contributed by atoms with Crippen molar-refractivity contribution in [1.29, 1.82) is 0 Å². The van der Waals surface area contributed by atoms with Crippen LogP contribution in [0.4, 0.5) is 0 Å². The van der Waals surface area contributed by atoms with Crippen molar-refractivity contribution < 1.29 is 0 Å². The van der Waals surface area contributed by atoms with Gasteiger partial charge in [-0.1, -0.05) is 193 Å². The van der Waals surface area contributed by atoms with Crippen LogP contribution in [0.3, 0.4) is 0 Å². The molecule has 1 heteroatoms. The van der Waals surface area contributed by atoms with Gasteiger partial charge in [-0.25, -0.2) is 0 Å². The summed E-state index contributed by atoms with van der Waals surface area (Å²) in [6, 6.07) is 1.53. The van der Waals surface area contributed by atoms with Crippen molar-refractivity contribution >= 4 is 8.07 Å². The molecule has 0 rings (SSSR count). The Kier molecular flexibility index (Phi) is 25.0. The minimum absolute atomic E-state index is 0.777. The van der Waals surface area contributed by atoms with Gasteiger partial charge in [-0.05, 0) is 0 Å². The summed E-state index contributed by atoms with van der Waals surface area (Å²) in [5.74, 6) is 0. The fourth-order valence-electron chi connectivity index (χ4n) is 4.79. The Bertz CT molecular complexity index is 317. The van der Waals surface area contributed by atoms with Gasteiger partial charge in [0.2, 0.25) is 0 Å². The lowest BCUT2D eigenvalue weighted by molar-refractivity contribution is 0.516. The second-order valence-electron chi connectivity index (χ2n) is 11.8. The van der Waals surface area contributed by atoms with Gasteiger partial charge in [0.1, 0.15) is 0 Å². The summed E-state index contributed by atoms with van der Waals surface area (Å²) in [7, 11) is -0.777. The predicted octanol–water partition coefficient (Wildman–Crippen LogP) is 12.1. The molecule has 0 aromatic heterocycles. The Morgan fingerprint density at radius 3 is 0.677 bits per heavy atom. The molecule has 0 aliphatic carbocycles. The first kappa shape index (κ1) is 31.2. The van der Waals surface area contributed by atoms with Gasteiger partial charge in [-0.3, -0.25) is 0 Å². The lowest BCUT2D eigenvalue weighted by atomic mass is 10.0. The summed E-state index contributed by atoms with van der Waals surface area (Å²) < 4.78 is 0. The maximum Gasteiger partial charge on any atom is 0.0442 e. The summed E-state index contributed by atoms with van der Waals surface area (Å²) in [5.41, 5.74) is 0. The topological polar surface area (TPSA) is 0 Å². The van der Waals surface area contributed by atoms with Crippen LogP contribution in [0.25, 0.3) is 0 Å². The fourth-order valence-corrected chi connectivity index (χ4v) is 6.11. The second-order valence-corrected chi connectivity index (χ2v) is 17.4. The molecule has 0 atom stereocenters. The summed E-state index contributed by atoms with van der Waals surface area (Å²) in [5, 5.41) is 0. The Hall–Kier alpha value is 0.217. The molecule has 188 valence electrons. The molecule has 0 spiro atoms. The minimum atomic E-state index is -0.777. The maximum atomic E-state index is 2.51. The van der Waals surface area contributed by atoms with Crippen molar-refractivity contribution in [2.24, 2.45) is 0 Å². The van der Waals surface area contributed by atoms with Crippen LogP contribution < -0.4 is 0 Å². The molecule has 0 aromatic rings. The van der Waals surface area contributed by atoms with E-state index in [1.165, 1.54) is 167 Å². The van der Waals surface area contributed by atoms with Crippen LogP contribution in [0.5, 0.6) is 0 Å². The van der Waals surface area contributed by atoms with E-state index in [-0.39, 0.29) is 0 Å². The predicted molar refractivity (Wildman–Crippen MR) is 149 cm³/mol. The van der Waals surface area contributed by atoms with Crippen LogP contribution in [0.2, 0.25) is 25.7 Å². The van der Waals surface area contributed by atoms with Gasteiger partial charge in [0, 0.05) is 8.07 Å². The van der Waals surface area contributed by atoms with Crippen molar-refractivity contribution in [3.8, 4) is 0 Å². The van der Waals surface area contributed by atoms with Crippen molar-refractivity contribution in [1.82, 2.24) is 0 Å². The van der Waals surface area contributed by atoms with Crippen molar-refractivity contribution in [3.63, 3.8) is 0 Å². The second kappa shape index (κ2) is 24.9. The van der Waals surface area contributed by atoms with Crippen LogP contribution in [0.15, 0.2) is 0 Å². The molecule has 0 aliphatic heterocycles. The number of hydrogen-bond donors (Lipinski definition) is 0. The van der Waals surface area contributed by atoms with E-state index in [1.54, 1.807) is 0 Å². The van der Waals surface area contributed by atoms with Gasteiger partial charge in [-0.15, -0.1) is 0 Å². The first-order valence-electron chi connectivity index (χ1n) is 15.1. The van der Waals surface area contributed by atoms with Crippen LogP contribution >= 0.6 is 0 Å². The van der Waals surface area contributed by atoms with Gasteiger partial charge in [-0.2, -0.15) is 0 Å². The molecule has 0 saturated carbocycles. The highest BCUT2D eigenvalue weighted by atomic mass is 28.3. The van der Waals surface area contributed by atoms with Crippen LogP contribution in [-0.4, -0.2) is 8.07 Å². The van der Waals surface area contributed by atoms with E-state index in [4.69, 9.17) is 0 Å². The Morgan fingerprint density at radius 1 is 0.290 bits per heavy atom. The maximum absolute atomic E-state index is 2.51. The normalized spacial score (nSPS) is 12.0. The third-order valence-electron chi connectivity index (χ3n) is 7.03. The number of unbranched alkanes of at least 4 members (excludes halogenated alkanes) is 24. The van der Waals surface area contributed by atoms with Crippen molar-refractivity contribution in [2.75, 3.05) is 0 Å². The van der Waals surface area contributed by atoms with E-state index in [0.717, 1.165) is 0 Å². The molecular formula is C30H64Si. The van der Waals surface area contributed by atoms with Crippen LogP contribution in [-0.2, 0) is 0 Å². The molecular weight excluding hydrogens is 388 g/mol. The zero-order chi connectivity index (χ0) is 22.9. The van der Waals surface area contributed by atoms with Crippen LogP contribution in [0.1, 0.15) is 167 Å². The average Bonchev–Trinajstić information content (AvgIpc) is 2.73. The minimum Gasteiger partial charge on any atom is -0.0695 e. The first-order chi connectivity index (χ1) is 15.1. The largest absolute Gasteiger partial charge is 0.0695 e. The molecule has 0 heterocycles. The van der Waals surface area contributed by atoms with Crippen LogP contribution in [0, 0.1) is 0 Å². The quantitative estimate of drug-likeness (QED) is 0.0903. The molecule has 0 nitrogen and oxygen atoms in total. The highest BCUT2D eigenvalue weighted by molar-refractivity contribution is 6.76. The highest BCUT2D eigenvalue weighted by Crippen LogP contribution is 2.17. The van der Waals surface area contributed by atoms with E-state index >= 15 is 0 Å². The molecule has 0 aromatic carbocycles. The molecule has 0 amide bonds. The summed E-state index contributed by atoms with van der Waals surface area (Å²) in [6.07, 6.45) is 37.1. The lowest BCUT2D eigenvalue weighted by Gasteiger charge is -2.14. The molecule has 0 aliphatic rings. The lowest BCUT2D eigenvalue weighted by Crippen LogP contribution is -2.18.